The maximum atomic E-state index is 5.27. The molecule has 0 radical (unpaired) electrons. The van der Waals surface area contributed by atoms with Crippen LogP contribution in [0.5, 0.6) is 0 Å². The lowest BCUT2D eigenvalue weighted by Gasteiger charge is -2.26. The number of hydrogen-bond acceptors (Lipinski definition) is 1. The van der Waals surface area contributed by atoms with Crippen LogP contribution < -0.4 is 0 Å². The van der Waals surface area contributed by atoms with Gasteiger partial charge in [0.15, 0.2) is 0 Å². The fourth-order valence-electron chi connectivity index (χ4n) is 1.27. The van der Waals surface area contributed by atoms with Gasteiger partial charge >= 0.3 is 0 Å². The molecule has 0 fully saturated rings. The van der Waals surface area contributed by atoms with E-state index in [9.17, 15) is 0 Å². The zero-order valence-electron chi connectivity index (χ0n) is 8.67. The Morgan fingerprint density at radius 3 is 2.31 bits per heavy atom. The number of hydrogen-bond donors (Lipinski definition) is 1. The quantitative estimate of drug-likeness (QED) is 0.394. The smallest absolute Gasteiger partial charge is 0.0379 e. The van der Waals surface area contributed by atoms with Crippen molar-refractivity contribution in [2.24, 2.45) is 0 Å². The van der Waals surface area contributed by atoms with E-state index in [0.717, 1.165) is 18.4 Å². The highest BCUT2D eigenvalue weighted by molar-refractivity contribution is 7.82. The van der Waals surface area contributed by atoms with Gasteiger partial charge < -0.3 is 0 Å². The van der Waals surface area contributed by atoms with Gasteiger partial charge in [-0.1, -0.05) is 31.9 Å². The Labute approximate surface area is 87.5 Å². The van der Waals surface area contributed by atoms with E-state index in [1.165, 1.54) is 0 Å². The number of terminal acetylenes is 1. The Morgan fingerprint density at radius 1 is 1.46 bits per heavy atom. The maximum absolute atomic E-state index is 5.27. The molecule has 0 spiro atoms. The minimum Gasteiger partial charge on any atom is -0.168 e. The minimum atomic E-state index is -0.0706. The molecule has 0 aliphatic carbocycles. The summed E-state index contributed by atoms with van der Waals surface area (Å²) in [7, 11) is 0. The Kier molecular flexibility index (Phi) is 5.66. The van der Waals surface area contributed by atoms with Gasteiger partial charge in [0, 0.05) is 4.75 Å². The monoisotopic (exact) mass is 194 g/mol. The molecular weight excluding hydrogens is 176 g/mol. The van der Waals surface area contributed by atoms with E-state index in [4.69, 9.17) is 6.42 Å². The van der Waals surface area contributed by atoms with Crippen LogP contribution in [0.1, 0.15) is 33.6 Å². The van der Waals surface area contributed by atoms with E-state index < -0.39 is 0 Å². The summed E-state index contributed by atoms with van der Waals surface area (Å²) in [5.74, 6) is 2.56. The first kappa shape index (κ1) is 12.4. The summed E-state index contributed by atoms with van der Waals surface area (Å²) in [6.45, 7) is 6.25. The summed E-state index contributed by atoms with van der Waals surface area (Å²) in [5, 5.41) is 0. The molecule has 0 bridgehead atoms. The van der Waals surface area contributed by atoms with Gasteiger partial charge in [0.2, 0.25) is 0 Å². The summed E-state index contributed by atoms with van der Waals surface area (Å²) in [6, 6.07) is 0. The van der Waals surface area contributed by atoms with E-state index in [0.29, 0.717) is 0 Å². The van der Waals surface area contributed by atoms with Crippen LogP contribution in [0.25, 0.3) is 0 Å². The van der Waals surface area contributed by atoms with Crippen LogP contribution >= 0.6 is 12.6 Å². The van der Waals surface area contributed by atoms with Gasteiger partial charge in [-0.05, 0) is 31.4 Å². The predicted molar refractivity (Wildman–Crippen MR) is 64.0 cm³/mol. The van der Waals surface area contributed by atoms with E-state index in [-0.39, 0.29) is 4.75 Å². The summed E-state index contributed by atoms with van der Waals surface area (Å²) >= 11 is 4.67. The second-order valence-electron chi connectivity index (χ2n) is 3.01. The lowest BCUT2D eigenvalue weighted by Crippen LogP contribution is -2.21. The Balaban J connectivity index is 4.94. The molecule has 0 atom stereocenters. The van der Waals surface area contributed by atoms with Gasteiger partial charge in [0.1, 0.15) is 0 Å². The maximum Gasteiger partial charge on any atom is 0.0379 e. The normalized spacial score (nSPS) is 13.3. The zero-order valence-corrected chi connectivity index (χ0v) is 9.57. The average molecular weight is 194 g/mol. The summed E-state index contributed by atoms with van der Waals surface area (Å²) in [6.07, 6.45) is 13.1. The average Bonchev–Trinajstić information content (AvgIpc) is 2.16. The van der Waals surface area contributed by atoms with Crippen LogP contribution in [0.4, 0.5) is 0 Å². The fourth-order valence-corrected chi connectivity index (χ4v) is 1.40. The molecule has 0 nitrogen and oxygen atoms in total. The van der Waals surface area contributed by atoms with Crippen molar-refractivity contribution in [2.45, 2.75) is 38.4 Å². The molecule has 0 saturated carbocycles. The van der Waals surface area contributed by atoms with Crippen molar-refractivity contribution in [3.63, 3.8) is 0 Å². The zero-order chi connectivity index (χ0) is 10.3. The van der Waals surface area contributed by atoms with Crippen LogP contribution in [0.3, 0.4) is 0 Å². The standard InChI is InChI=1S/C12H18S/c1-5-9-11(10-6-2)12(13,7-3)8-4/h1,6,9-10,13H,7-8H2,2-4H3/b10-6-,11-9+. The molecule has 1 heteroatoms. The van der Waals surface area contributed by atoms with Gasteiger partial charge in [-0.25, -0.2) is 0 Å². The molecule has 13 heavy (non-hydrogen) atoms. The predicted octanol–water partition coefficient (Wildman–Crippen LogP) is 3.61. The third-order valence-electron chi connectivity index (χ3n) is 2.29. The van der Waals surface area contributed by atoms with E-state index in [1.807, 2.05) is 19.1 Å². The Hall–Kier alpha value is -0.610. The molecule has 0 saturated heterocycles. The molecule has 0 heterocycles. The van der Waals surface area contributed by atoms with Crippen LogP contribution in [0.15, 0.2) is 23.8 Å². The summed E-state index contributed by atoms with van der Waals surface area (Å²) in [4.78, 5) is 0. The van der Waals surface area contributed by atoms with Crippen molar-refractivity contribution in [3.8, 4) is 12.3 Å². The van der Waals surface area contributed by atoms with Crippen LogP contribution in [-0.2, 0) is 0 Å². The first-order chi connectivity index (χ1) is 6.14. The van der Waals surface area contributed by atoms with Crippen LogP contribution in [0, 0.1) is 12.3 Å². The second kappa shape index (κ2) is 5.94. The topological polar surface area (TPSA) is 0 Å². The Morgan fingerprint density at radius 2 is 2.00 bits per heavy atom. The molecule has 0 aliphatic rings. The lowest BCUT2D eigenvalue weighted by atomic mass is 9.91. The molecule has 0 aromatic rings. The van der Waals surface area contributed by atoms with Crippen molar-refractivity contribution in [1.29, 1.82) is 0 Å². The van der Waals surface area contributed by atoms with Crippen LogP contribution in [-0.4, -0.2) is 4.75 Å². The van der Waals surface area contributed by atoms with Gasteiger partial charge in [-0.3, -0.25) is 0 Å². The van der Waals surface area contributed by atoms with Crippen molar-refractivity contribution in [1.82, 2.24) is 0 Å². The number of allylic oxidation sites excluding steroid dienone is 3. The Bertz CT molecular complexity index is 236. The van der Waals surface area contributed by atoms with Crippen molar-refractivity contribution < 1.29 is 0 Å². The molecule has 0 aromatic carbocycles. The molecule has 0 unspecified atom stereocenters. The molecule has 72 valence electrons. The molecule has 0 aromatic heterocycles. The van der Waals surface area contributed by atoms with Crippen molar-refractivity contribution in [2.75, 3.05) is 0 Å². The van der Waals surface area contributed by atoms with E-state index in [2.05, 4.69) is 32.4 Å². The molecule has 0 rings (SSSR count). The number of rotatable bonds is 4. The summed E-state index contributed by atoms with van der Waals surface area (Å²) in [5.41, 5.74) is 1.13. The van der Waals surface area contributed by atoms with Gasteiger partial charge in [-0.15, -0.1) is 6.42 Å². The SMILES string of the molecule is C#C/C=C(\C=C/C)C(S)(CC)CC. The largest absolute Gasteiger partial charge is 0.168 e. The molecule has 0 amide bonds. The minimum absolute atomic E-state index is 0.0706. The fraction of sp³-hybridized carbons (Fsp3) is 0.500. The number of thiol groups is 1. The first-order valence-corrected chi connectivity index (χ1v) is 5.11. The highest BCUT2D eigenvalue weighted by Gasteiger charge is 2.23. The lowest BCUT2D eigenvalue weighted by molar-refractivity contribution is 0.643. The van der Waals surface area contributed by atoms with Gasteiger partial charge in [0.25, 0.3) is 0 Å². The summed E-state index contributed by atoms with van der Waals surface area (Å²) < 4.78 is -0.0706. The third kappa shape index (κ3) is 3.32. The van der Waals surface area contributed by atoms with Gasteiger partial charge in [0.05, 0.1) is 0 Å². The van der Waals surface area contributed by atoms with Crippen molar-refractivity contribution in [3.05, 3.63) is 23.8 Å². The first-order valence-electron chi connectivity index (χ1n) is 4.66. The van der Waals surface area contributed by atoms with Crippen molar-refractivity contribution >= 4 is 12.6 Å². The molecule has 0 N–H and O–H groups in total. The van der Waals surface area contributed by atoms with E-state index in [1.54, 1.807) is 6.08 Å². The third-order valence-corrected chi connectivity index (χ3v) is 3.18. The van der Waals surface area contributed by atoms with Gasteiger partial charge in [-0.2, -0.15) is 12.6 Å². The second-order valence-corrected chi connectivity index (χ2v) is 3.86. The highest BCUT2D eigenvalue weighted by Crippen LogP contribution is 2.32. The molecule has 0 aliphatic heterocycles. The van der Waals surface area contributed by atoms with Crippen LogP contribution in [0.2, 0.25) is 0 Å². The highest BCUT2D eigenvalue weighted by atomic mass is 32.1. The van der Waals surface area contributed by atoms with E-state index >= 15 is 0 Å². The molecular formula is C12H18S.